The minimum atomic E-state index is -0.0412. The SMILES string of the molecule is CC(C)C(CC(=O)NCCC(=O)N1CCC(c2ccccc2)(N(C)C)CC1)c1c[nH]c2ccccc12. The molecule has 0 radical (unpaired) electrons. The van der Waals surface area contributed by atoms with Crippen molar-refractivity contribution in [3.63, 3.8) is 0 Å². The zero-order valence-corrected chi connectivity index (χ0v) is 22.1. The zero-order chi connectivity index (χ0) is 25.7. The van der Waals surface area contributed by atoms with Gasteiger partial charge in [0.2, 0.25) is 11.8 Å². The van der Waals surface area contributed by atoms with Crippen molar-refractivity contribution in [2.45, 2.75) is 51.0 Å². The van der Waals surface area contributed by atoms with Crippen molar-refractivity contribution in [1.29, 1.82) is 0 Å². The quantitative estimate of drug-likeness (QED) is 0.451. The normalized spacial score (nSPS) is 16.4. The largest absolute Gasteiger partial charge is 0.361 e. The zero-order valence-electron chi connectivity index (χ0n) is 22.1. The second-order valence-corrected chi connectivity index (χ2v) is 10.6. The van der Waals surface area contributed by atoms with Crippen molar-refractivity contribution in [2.75, 3.05) is 33.7 Å². The Morgan fingerprint density at radius 2 is 1.69 bits per heavy atom. The van der Waals surface area contributed by atoms with Gasteiger partial charge in [0.15, 0.2) is 0 Å². The van der Waals surface area contributed by atoms with E-state index >= 15 is 0 Å². The number of aromatic nitrogens is 1. The van der Waals surface area contributed by atoms with E-state index in [1.807, 2.05) is 29.3 Å². The minimum Gasteiger partial charge on any atom is -0.361 e. The maximum Gasteiger partial charge on any atom is 0.224 e. The van der Waals surface area contributed by atoms with Crippen LogP contribution in [0, 0.1) is 5.92 Å². The van der Waals surface area contributed by atoms with Gasteiger partial charge in [0.1, 0.15) is 0 Å². The molecule has 1 atom stereocenters. The number of hydrogen-bond donors (Lipinski definition) is 2. The van der Waals surface area contributed by atoms with Crippen molar-refractivity contribution in [3.8, 4) is 0 Å². The summed E-state index contributed by atoms with van der Waals surface area (Å²) in [6, 6.07) is 18.8. The van der Waals surface area contributed by atoms with E-state index in [0.717, 1.165) is 31.4 Å². The molecule has 2 amide bonds. The Hall–Kier alpha value is -3.12. The standard InChI is InChI=1S/C30H40N4O2/c1-22(2)25(26-21-32-27-13-9-8-12-24(26)27)20-28(35)31-17-14-29(36)34-18-15-30(16-19-34,33(3)4)23-10-6-5-7-11-23/h5-13,21-22,25,32H,14-20H2,1-4H3,(H,31,35). The van der Waals surface area contributed by atoms with Crippen LogP contribution >= 0.6 is 0 Å². The number of benzene rings is 2. The molecule has 0 aliphatic carbocycles. The molecule has 1 aliphatic rings. The number of nitrogens with one attached hydrogen (secondary N) is 2. The molecule has 0 spiro atoms. The van der Waals surface area contributed by atoms with Gasteiger partial charge in [-0.05, 0) is 56.0 Å². The molecule has 6 heteroatoms. The van der Waals surface area contributed by atoms with Crippen LogP contribution in [0.4, 0.5) is 0 Å². The first-order valence-electron chi connectivity index (χ1n) is 13.2. The number of piperidine rings is 1. The molecule has 2 aromatic carbocycles. The summed E-state index contributed by atoms with van der Waals surface area (Å²) in [5.41, 5.74) is 3.55. The summed E-state index contributed by atoms with van der Waals surface area (Å²) in [5, 5.41) is 4.18. The Labute approximate surface area is 215 Å². The summed E-state index contributed by atoms with van der Waals surface area (Å²) in [6.07, 6.45) is 4.60. The Balaban J connectivity index is 1.28. The van der Waals surface area contributed by atoms with Crippen LogP contribution in [0.2, 0.25) is 0 Å². The smallest absolute Gasteiger partial charge is 0.224 e. The Morgan fingerprint density at radius 3 is 2.36 bits per heavy atom. The molecule has 3 aromatic rings. The highest BCUT2D eigenvalue weighted by Crippen LogP contribution is 2.37. The molecule has 0 saturated carbocycles. The van der Waals surface area contributed by atoms with Crippen LogP contribution in [0.5, 0.6) is 0 Å². The third kappa shape index (κ3) is 5.49. The molecule has 36 heavy (non-hydrogen) atoms. The molecule has 0 bridgehead atoms. The number of para-hydroxylation sites is 1. The van der Waals surface area contributed by atoms with E-state index in [4.69, 9.17) is 0 Å². The van der Waals surface area contributed by atoms with Crippen LogP contribution in [-0.4, -0.2) is 60.3 Å². The fraction of sp³-hybridized carbons (Fsp3) is 0.467. The van der Waals surface area contributed by atoms with E-state index in [2.05, 4.69) is 79.5 Å². The first-order chi connectivity index (χ1) is 17.3. The lowest BCUT2D eigenvalue weighted by atomic mass is 9.79. The van der Waals surface area contributed by atoms with Crippen molar-refractivity contribution >= 4 is 22.7 Å². The summed E-state index contributed by atoms with van der Waals surface area (Å²) in [4.78, 5) is 33.3. The van der Waals surface area contributed by atoms with E-state index in [-0.39, 0.29) is 23.3 Å². The van der Waals surface area contributed by atoms with Gasteiger partial charge in [-0.1, -0.05) is 62.4 Å². The summed E-state index contributed by atoms with van der Waals surface area (Å²) in [7, 11) is 4.25. The van der Waals surface area contributed by atoms with E-state index in [0.29, 0.717) is 25.3 Å². The molecular weight excluding hydrogens is 448 g/mol. The van der Waals surface area contributed by atoms with Gasteiger partial charge in [-0.15, -0.1) is 0 Å². The number of aromatic amines is 1. The maximum absolute atomic E-state index is 12.9. The molecule has 2 N–H and O–H groups in total. The van der Waals surface area contributed by atoms with E-state index < -0.39 is 0 Å². The van der Waals surface area contributed by atoms with Crippen molar-refractivity contribution in [3.05, 3.63) is 71.9 Å². The number of fused-ring (bicyclic) bond motifs is 1. The Kier molecular flexibility index (Phi) is 8.14. The molecule has 1 saturated heterocycles. The predicted molar refractivity (Wildman–Crippen MR) is 146 cm³/mol. The van der Waals surface area contributed by atoms with Crippen molar-refractivity contribution < 1.29 is 9.59 Å². The second-order valence-electron chi connectivity index (χ2n) is 10.6. The first-order valence-corrected chi connectivity index (χ1v) is 13.2. The second kappa shape index (κ2) is 11.3. The van der Waals surface area contributed by atoms with Gasteiger partial charge in [0.25, 0.3) is 0 Å². The number of nitrogens with zero attached hydrogens (tertiary/aromatic N) is 2. The topological polar surface area (TPSA) is 68.4 Å². The third-order valence-corrected chi connectivity index (χ3v) is 8.00. The molecule has 1 aliphatic heterocycles. The lowest BCUT2D eigenvalue weighted by Gasteiger charge is -2.46. The number of carbonyl (C=O) groups is 2. The highest BCUT2D eigenvalue weighted by atomic mass is 16.2. The molecule has 192 valence electrons. The number of rotatable bonds is 9. The van der Waals surface area contributed by atoms with E-state index in [1.165, 1.54) is 16.5 Å². The average Bonchev–Trinajstić information content (AvgIpc) is 3.31. The van der Waals surface area contributed by atoms with Gasteiger partial charge in [-0.3, -0.25) is 14.5 Å². The summed E-state index contributed by atoms with van der Waals surface area (Å²) < 4.78 is 0. The van der Waals surface area contributed by atoms with E-state index in [9.17, 15) is 9.59 Å². The summed E-state index contributed by atoms with van der Waals surface area (Å²) in [6.45, 7) is 6.15. The van der Waals surface area contributed by atoms with Crippen molar-refractivity contribution in [2.24, 2.45) is 5.92 Å². The summed E-state index contributed by atoms with van der Waals surface area (Å²) in [5.74, 6) is 0.566. The Morgan fingerprint density at radius 1 is 1.03 bits per heavy atom. The molecule has 6 nitrogen and oxygen atoms in total. The van der Waals surface area contributed by atoms with Crippen LogP contribution < -0.4 is 5.32 Å². The molecule has 1 unspecified atom stereocenters. The van der Waals surface area contributed by atoms with Gasteiger partial charge in [0, 0.05) is 55.1 Å². The molecule has 1 aromatic heterocycles. The average molecular weight is 489 g/mol. The molecule has 2 heterocycles. The highest BCUT2D eigenvalue weighted by Gasteiger charge is 2.39. The fourth-order valence-corrected chi connectivity index (χ4v) is 5.71. The number of hydrogen-bond acceptors (Lipinski definition) is 3. The molecular formula is C30H40N4O2. The van der Waals surface area contributed by atoms with Gasteiger partial charge in [0.05, 0.1) is 0 Å². The lowest BCUT2D eigenvalue weighted by molar-refractivity contribution is -0.133. The van der Waals surface area contributed by atoms with Crippen LogP contribution in [0.25, 0.3) is 10.9 Å². The van der Waals surface area contributed by atoms with Crippen LogP contribution in [0.15, 0.2) is 60.8 Å². The summed E-state index contributed by atoms with van der Waals surface area (Å²) >= 11 is 0. The number of amides is 2. The predicted octanol–water partition coefficient (Wildman–Crippen LogP) is 4.88. The van der Waals surface area contributed by atoms with Crippen molar-refractivity contribution in [1.82, 2.24) is 20.1 Å². The number of carbonyl (C=O) groups excluding carboxylic acids is 2. The minimum absolute atomic E-state index is 0.00104. The number of H-pyrrole nitrogens is 1. The monoisotopic (exact) mass is 488 g/mol. The number of likely N-dealkylation sites (tertiary alicyclic amines) is 1. The van der Waals surface area contributed by atoms with Gasteiger partial charge in [-0.2, -0.15) is 0 Å². The van der Waals surface area contributed by atoms with Crippen LogP contribution in [0.3, 0.4) is 0 Å². The fourth-order valence-electron chi connectivity index (χ4n) is 5.71. The van der Waals surface area contributed by atoms with Crippen LogP contribution in [-0.2, 0) is 15.1 Å². The van der Waals surface area contributed by atoms with Gasteiger partial charge >= 0.3 is 0 Å². The third-order valence-electron chi connectivity index (χ3n) is 8.00. The molecule has 1 fully saturated rings. The molecule has 4 rings (SSSR count). The highest BCUT2D eigenvalue weighted by molar-refractivity contribution is 5.85. The Bertz CT molecular complexity index is 1160. The first kappa shape index (κ1) is 26.0. The van der Waals surface area contributed by atoms with E-state index in [1.54, 1.807) is 0 Å². The maximum atomic E-state index is 12.9. The van der Waals surface area contributed by atoms with Gasteiger partial charge < -0.3 is 15.2 Å². The lowest BCUT2D eigenvalue weighted by Crippen LogP contribution is -2.52. The van der Waals surface area contributed by atoms with Crippen LogP contribution in [0.1, 0.15) is 56.6 Å². The van der Waals surface area contributed by atoms with Gasteiger partial charge in [-0.25, -0.2) is 0 Å².